The third-order valence-corrected chi connectivity index (χ3v) is 5.02. The Balaban J connectivity index is 1.84. The van der Waals surface area contributed by atoms with E-state index < -0.39 is 0 Å². The molecule has 0 bridgehead atoms. The molecule has 1 aromatic rings. The molecule has 1 aromatic heterocycles. The summed E-state index contributed by atoms with van der Waals surface area (Å²) < 4.78 is 15.7. The lowest BCUT2D eigenvalue weighted by Crippen LogP contribution is -2.51. The molecule has 2 aliphatic rings. The minimum absolute atomic E-state index is 0.0425. The number of carbonyl (C=O) groups excluding carboxylic acids is 2. The number of hydrogen-bond donors (Lipinski definition) is 0. The first-order valence-corrected chi connectivity index (χ1v) is 8.14. The van der Waals surface area contributed by atoms with Crippen molar-refractivity contribution in [2.75, 3.05) is 61.1 Å². The fourth-order valence-corrected chi connectivity index (χ4v) is 3.79. The summed E-state index contributed by atoms with van der Waals surface area (Å²) in [5.41, 5.74) is -0.343. The molecule has 0 saturated carbocycles. The van der Waals surface area contributed by atoms with Crippen LogP contribution in [0.4, 0.5) is 0 Å². The molecule has 1 spiro atoms. The second kappa shape index (κ2) is 6.64. The van der Waals surface area contributed by atoms with Gasteiger partial charge in [0.2, 0.25) is 11.7 Å². The Bertz CT molecular complexity index is 661. The lowest BCUT2D eigenvalue weighted by atomic mass is 9.82. The van der Waals surface area contributed by atoms with Crippen LogP contribution in [0.3, 0.4) is 0 Å². The van der Waals surface area contributed by atoms with Crippen molar-refractivity contribution in [3.05, 3.63) is 11.8 Å². The standard InChI is InChI=1S/C16H24N4O5/c1-18(2)12-6-20(15(22)11-5-13(23-4)17-25-11)9-16(12)8-19(3)14(21)7-24-10-16/h5,12H,6-10H2,1-4H3/t12-,16-/m1/s1. The Kier molecular flexibility index (Phi) is 4.70. The van der Waals surface area contributed by atoms with Crippen LogP contribution in [0.1, 0.15) is 10.6 Å². The predicted octanol–water partition coefficient (Wildman–Crippen LogP) is -0.456. The number of likely N-dealkylation sites (tertiary alicyclic amines) is 1. The number of nitrogens with zero attached hydrogens (tertiary/aromatic N) is 4. The van der Waals surface area contributed by atoms with Crippen LogP contribution < -0.4 is 4.74 Å². The topological polar surface area (TPSA) is 88.4 Å². The molecule has 3 rings (SSSR count). The third-order valence-electron chi connectivity index (χ3n) is 5.02. The fraction of sp³-hybridized carbons (Fsp3) is 0.688. The number of carbonyl (C=O) groups is 2. The van der Waals surface area contributed by atoms with Gasteiger partial charge in [-0.05, 0) is 19.3 Å². The van der Waals surface area contributed by atoms with Crippen LogP contribution in [0.25, 0.3) is 0 Å². The van der Waals surface area contributed by atoms with E-state index in [1.165, 1.54) is 13.2 Å². The van der Waals surface area contributed by atoms with Crippen LogP contribution in [0.15, 0.2) is 10.6 Å². The van der Waals surface area contributed by atoms with Crippen LogP contribution >= 0.6 is 0 Å². The van der Waals surface area contributed by atoms with Crippen molar-refractivity contribution in [3.63, 3.8) is 0 Å². The van der Waals surface area contributed by atoms with Gasteiger partial charge in [-0.1, -0.05) is 0 Å². The summed E-state index contributed by atoms with van der Waals surface area (Å²) in [4.78, 5) is 30.3. The van der Waals surface area contributed by atoms with Crippen LogP contribution in [-0.4, -0.2) is 98.8 Å². The molecule has 2 saturated heterocycles. The molecule has 2 amide bonds. The summed E-state index contributed by atoms with van der Waals surface area (Å²) in [6.07, 6.45) is 0. The van der Waals surface area contributed by atoms with Crippen LogP contribution in [0.5, 0.6) is 5.88 Å². The van der Waals surface area contributed by atoms with E-state index in [0.29, 0.717) is 26.2 Å². The zero-order chi connectivity index (χ0) is 18.2. The second-order valence-electron chi connectivity index (χ2n) is 7.00. The molecular weight excluding hydrogens is 328 g/mol. The Morgan fingerprint density at radius 3 is 2.84 bits per heavy atom. The summed E-state index contributed by atoms with van der Waals surface area (Å²) >= 11 is 0. The smallest absolute Gasteiger partial charge is 0.292 e. The zero-order valence-electron chi connectivity index (χ0n) is 15.0. The van der Waals surface area contributed by atoms with Gasteiger partial charge in [-0.25, -0.2) is 0 Å². The first-order valence-electron chi connectivity index (χ1n) is 8.14. The Morgan fingerprint density at radius 2 is 2.20 bits per heavy atom. The van der Waals surface area contributed by atoms with Gasteiger partial charge in [0.05, 0.1) is 19.8 Å². The number of aromatic nitrogens is 1. The van der Waals surface area contributed by atoms with Crippen molar-refractivity contribution < 1.29 is 23.6 Å². The minimum atomic E-state index is -0.343. The van der Waals surface area contributed by atoms with Crippen molar-refractivity contribution in [2.45, 2.75) is 6.04 Å². The first-order chi connectivity index (χ1) is 11.9. The van der Waals surface area contributed by atoms with E-state index in [1.54, 1.807) is 16.8 Å². The highest BCUT2D eigenvalue weighted by atomic mass is 16.5. The summed E-state index contributed by atoms with van der Waals surface area (Å²) in [6, 6.07) is 1.55. The zero-order valence-corrected chi connectivity index (χ0v) is 15.0. The van der Waals surface area contributed by atoms with Crippen LogP contribution in [0, 0.1) is 5.41 Å². The summed E-state index contributed by atoms with van der Waals surface area (Å²) in [6.45, 7) is 2.05. The van der Waals surface area contributed by atoms with Crippen molar-refractivity contribution in [3.8, 4) is 5.88 Å². The maximum Gasteiger partial charge on any atom is 0.292 e. The van der Waals surface area contributed by atoms with E-state index in [2.05, 4.69) is 10.1 Å². The molecule has 25 heavy (non-hydrogen) atoms. The molecule has 3 heterocycles. The summed E-state index contributed by atoms with van der Waals surface area (Å²) in [7, 11) is 7.20. The van der Waals surface area contributed by atoms with Crippen molar-refractivity contribution in [2.24, 2.45) is 5.41 Å². The molecule has 2 atom stereocenters. The van der Waals surface area contributed by atoms with Crippen molar-refractivity contribution in [1.29, 1.82) is 0 Å². The average Bonchev–Trinajstić information content (AvgIpc) is 3.15. The largest absolute Gasteiger partial charge is 0.479 e. The van der Waals surface area contributed by atoms with E-state index in [1.807, 2.05) is 14.1 Å². The maximum absolute atomic E-state index is 12.8. The highest BCUT2D eigenvalue weighted by Gasteiger charge is 2.51. The Labute approximate surface area is 146 Å². The van der Waals surface area contributed by atoms with E-state index in [9.17, 15) is 9.59 Å². The van der Waals surface area contributed by atoms with Gasteiger partial charge < -0.3 is 28.7 Å². The van der Waals surface area contributed by atoms with E-state index in [4.69, 9.17) is 14.0 Å². The second-order valence-corrected chi connectivity index (χ2v) is 7.00. The number of methoxy groups -OCH3 is 1. The molecule has 0 aromatic carbocycles. The molecule has 0 radical (unpaired) electrons. The molecule has 0 aliphatic carbocycles. The quantitative estimate of drug-likeness (QED) is 0.728. The molecular formula is C16H24N4O5. The van der Waals surface area contributed by atoms with Crippen LogP contribution in [-0.2, 0) is 9.53 Å². The van der Waals surface area contributed by atoms with Crippen molar-refractivity contribution in [1.82, 2.24) is 19.9 Å². The molecule has 2 fully saturated rings. The summed E-state index contributed by atoms with van der Waals surface area (Å²) in [5, 5.41) is 3.69. The van der Waals surface area contributed by atoms with Gasteiger partial charge >= 0.3 is 0 Å². The SMILES string of the molecule is COc1cc(C(=O)N2C[C@@H](N(C)C)[C@@]3(COCC(=O)N(C)C3)C2)on1. The summed E-state index contributed by atoms with van der Waals surface area (Å²) in [5.74, 6) is 0.131. The van der Waals surface area contributed by atoms with Gasteiger partial charge in [-0.2, -0.15) is 0 Å². The molecule has 9 heteroatoms. The highest BCUT2D eigenvalue weighted by molar-refractivity contribution is 5.92. The lowest BCUT2D eigenvalue weighted by Gasteiger charge is -2.37. The molecule has 0 unspecified atom stereocenters. The Morgan fingerprint density at radius 1 is 1.44 bits per heavy atom. The third kappa shape index (κ3) is 3.21. The van der Waals surface area contributed by atoms with Gasteiger partial charge in [0.15, 0.2) is 0 Å². The normalized spacial score (nSPS) is 27.2. The van der Waals surface area contributed by atoms with Gasteiger partial charge in [-0.15, -0.1) is 0 Å². The Hall–Kier alpha value is -2.13. The van der Waals surface area contributed by atoms with E-state index >= 15 is 0 Å². The van der Waals surface area contributed by atoms with Gasteiger partial charge in [-0.3, -0.25) is 9.59 Å². The number of rotatable bonds is 3. The number of likely N-dealkylation sites (N-methyl/N-ethyl adjacent to an activating group) is 2. The van der Waals surface area contributed by atoms with Gasteiger partial charge in [0, 0.05) is 38.1 Å². The van der Waals surface area contributed by atoms with Crippen molar-refractivity contribution >= 4 is 11.8 Å². The molecule has 9 nitrogen and oxygen atoms in total. The highest BCUT2D eigenvalue weighted by Crippen LogP contribution is 2.36. The monoisotopic (exact) mass is 352 g/mol. The average molecular weight is 352 g/mol. The lowest BCUT2D eigenvalue weighted by molar-refractivity contribution is -0.132. The van der Waals surface area contributed by atoms with Gasteiger partial charge in [0.1, 0.15) is 6.61 Å². The number of amides is 2. The first kappa shape index (κ1) is 17.7. The molecule has 0 N–H and O–H groups in total. The molecule has 2 aliphatic heterocycles. The van der Waals surface area contributed by atoms with Crippen LogP contribution in [0.2, 0.25) is 0 Å². The molecule has 138 valence electrons. The predicted molar refractivity (Wildman–Crippen MR) is 87.3 cm³/mol. The van der Waals surface area contributed by atoms with Gasteiger partial charge in [0.25, 0.3) is 11.8 Å². The maximum atomic E-state index is 12.8. The fourth-order valence-electron chi connectivity index (χ4n) is 3.79. The van der Waals surface area contributed by atoms with E-state index in [-0.39, 0.29) is 41.5 Å². The number of hydrogen-bond acceptors (Lipinski definition) is 7. The minimum Gasteiger partial charge on any atom is -0.479 e. The van der Waals surface area contributed by atoms with E-state index in [0.717, 1.165) is 0 Å². The number of ether oxygens (including phenoxy) is 2.